The van der Waals surface area contributed by atoms with Crippen molar-refractivity contribution >= 4 is 23.2 Å². The van der Waals surface area contributed by atoms with Crippen LogP contribution in [0.1, 0.15) is 28.4 Å². The van der Waals surface area contributed by atoms with Crippen LogP contribution in [0.25, 0.3) is 11.1 Å². The Balaban J connectivity index is 2.24. The first-order valence-electron chi connectivity index (χ1n) is 7.19. The number of benzene rings is 1. The predicted molar refractivity (Wildman–Crippen MR) is 88.2 cm³/mol. The van der Waals surface area contributed by atoms with E-state index in [1.54, 1.807) is 32.0 Å². The van der Waals surface area contributed by atoms with E-state index in [2.05, 4.69) is 5.32 Å². The van der Waals surface area contributed by atoms with Crippen LogP contribution in [0.2, 0.25) is 0 Å². The molecule has 0 unspecified atom stereocenters. The lowest BCUT2D eigenvalue weighted by Crippen LogP contribution is -2.44. The summed E-state index contributed by atoms with van der Waals surface area (Å²) in [5.41, 5.74) is 1.66. The number of aryl methyl sites for hydroxylation is 1. The number of hydrogen-bond donors (Lipinski definition) is 2. The number of halogens is 1. The molecule has 2 aromatic rings. The van der Waals surface area contributed by atoms with Gasteiger partial charge in [-0.1, -0.05) is 26.0 Å². The third-order valence-electron chi connectivity index (χ3n) is 3.52. The number of hydrogen-bond acceptors (Lipinski definition) is 3. The summed E-state index contributed by atoms with van der Waals surface area (Å²) < 4.78 is 13.0. The molecule has 0 aliphatic rings. The lowest BCUT2D eigenvalue weighted by molar-refractivity contribution is -0.140. The Kier molecular flexibility index (Phi) is 5.15. The molecule has 0 aliphatic carbocycles. The van der Waals surface area contributed by atoms with Crippen LogP contribution in [0.15, 0.2) is 30.3 Å². The van der Waals surface area contributed by atoms with Crippen LogP contribution in [0.3, 0.4) is 0 Å². The fraction of sp³-hybridized carbons (Fsp3) is 0.294. The standard InChI is InChI=1S/C17H18FNO3S/c1-9(2)15(17(21)22)19-16(20)14-8-13(10(3)23-14)11-4-6-12(18)7-5-11/h4-9,15H,1-3H3,(H,19,20)(H,21,22)/t15-/m1/s1. The Morgan fingerprint density at radius 2 is 1.83 bits per heavy atom. The third-order valence-corrected chi connectivity index (χ3v) is 4.57. The maximum absolute atomic E-state index is 13.0. The first-order valence-corrected chi connectivity index (χ1v) is 8.01. The third kappa shape index (κ3) is 3.96. The summed E-state index contributed by atoms with van der Waals surface area (Å²) in [6.07, 6.45) is 0. The Morgan fingerprint density at radius 1 is 1.22 bits per heavy atom. The second-order valence-electron chi connectivity index (χ2n) is 5.62. The van der Waals surface area contributed by atoms with Gasteiger partial charge in [-0.3, -0.25) is 4.79 Å². The molecule has 6 heteroatoms. The lowest BCUT2D eigenvalue weighted by atomic mass is 10.0. The zero-order valence-corrected chi connectivity index (χ0v) is 13.9. The molecular weight excluding hydrogens is 317 g/mol. The molecule has 122 valence electrons. The second kappa shape index (κ2) is 6.91. The van der Waals surface area contributed by atoms with Gasteiger partial charge in [0.2, 0.25) is 0 Å². The highest BCUT2D eigenvalue weighted by Gasteiger charge is 2.25. The van der Waals surface area contributed by atoms with E-state index in [4.69, 9.17) is 5.11 Å². The Hall–Kier alpha value is -2.21. The van der Waals surface area contributed by atoms with Gasteiger partial charge in [0.05, 0.1) is 4.88 Å². The molecule has 0 fully saturated rings. The molecule has 0 saturated heterocycles. The molecule has 0 saturated carbocycles. The van der Waals surface area contributed by atoms with Crippen molar-refractivity contribution in [2.75, 3.05) is 0 Å². The smallest absolute Gasteiger partial charge is 0.326 e. The first-order chi connectivity index (χ1) is 10.8. The SMILES string of the molecule is Cc1sc(C(=O)N[C@@H](C(=O)O)C(C)C)cc1-c1ccc(F)cc1. The Bertz CT molecular complexity index is 722. The number of carboxylic acids is 1. The van der Waals surface area contributed by atoms with Crippen molar-refractivity contribution in [1.29, 1.82) is 0 Å². The van der Waals surface area contributed by atoms with Gasteiger partial charge < -0.3 is 10.4 Å². The molecule has 1 aromatic carbocycles. The maximum atomic E-state index is 13.0. The van der Waals surface area contributed by atoms with Crippen molar-refractivity contribution in [2.45, 2.75) is 26.8 Å². The average molecular weight is 335 g/mol. The van der Waals surface area contributed by atoms with E-state index in [0.29, 0.717) is 4.88 Å². The summed E-state index contributed by atoms with van der Waals surface area (Å²) in [5.74, 6) is -2.00. The summed E-state index contributed by atoms with van der Waals surface area (Å²) in [6.45, 7) is 5.35. The van der Waals surface area contributed by atoms with E-state index >= 15 is 0 Å². The number of carbonyl (C=O) groups is 2. The van der Waals surface area contributed by atoms with Crippen molar-refractivity contribution < 1.29 is 19.1 Å². The number of carboxylic acid groups (broad SMARTS) is 1. The molecule has 1 amide bonds. The second-order valence-corrected chi connectivity index (χ2v) is 6.88. The molecule has 23 heavy (non-hydrogen) atoms. The van der Waals surface area contributed by atoms with E-state index < -0.39 is 17.9 Å². The quantitative estimate of drug-likeness (QED) is 0.875. The molecule has 0 aliphatic heterocycles. The highest BCUT2D eigenvalue weighted by atomic mass is 32.1. The predicted octanol–water partition coefficient (Wildman–Crippen LogP) is 3.70. The van der Waals surface area contributed by atoms with Crippen LogP contribution < -0.4 is 5.32 Å². The summed E-state index contributed by atoms with van der Waals surface area (Å²) in [4.78, 5) is 24.8. The number of amides is 1. The van der Waals surface area contributed by atoms with Gasteiger partial charge in [-0.05, 0) is 42.2 Å². The molecule has 2 N–H and O–H groups in total. The number of aliphatic carboxylic acids is 1. The van der Waals surface area contributed by atoms with Crippen molar-refractivity contribution in [3.63, 3.8) is 0 Å². The van der Waals surface area contributed by atoms with Gasteiger partial charge in [0, 0.05) is 4.88 Å². The number of thiophene rings is 1. The van der Waals surface area contributed by atoms with Crippen LogP contribution in [0.4, 0.5) is 4.39 Å². The van der Waals surface area contributed by atoms with Crippen LogP contribution in [-0.4, -0.2) is 23.0 Å². The van der Waals surface area contributed by atoms with Crippen molar-refractivity contribution in [3.05, 3.63) is 45.9 Å². The molecule has 2 rings (SSSR count). The summed E-state index contributed by atoms with van der Waals surface area (Å²) >= 11 is 1.29. The van der Waals surface area contributed by atoms with Crippen molar-refractivity contribution in [3.8, 4) is 11.1 Å². The molecule has 0 spiro atoms. The van der Waals surface area contributed by atoms with Gasteiger partial charge in [-0.25, -0.2) is 9.18 Å². The lowest BCUT2D eigenvalue weighted by Gasteiger charge is -2.17. The zero-order chi connectivity index (χ0) is 17.1. The van der Waals surface area contributed by atoms with E-state index in [0.717, 1.165) is 16.0 Å². The summed E-state index contributed by atoms with van der Waals surface area (Å²) in [7, 11) is 0. The molecule has 1 heterocycles. The fourth-order valence-corrected chi connectivity index (χ4v) is 3.18. The first kappa shape index (κ1) is 17.1. The topological polar surface area (TPSA) is 66.4 Å². The minimum absolute atomic E-state index is 0.214. The number of carbonyl (C=O) groups excluding carboxylic acids is 1. The summed E-state index contributed by atoms with van der Waals surface area (Å²) in [5, 5.41) is 11.7. The highest BCUT2D eigenvalue weighted by Crippen LogP contribution is 2.31. The molecule has 0 radical (unpaired) electrons. The normalized spacial score (nSPS) is 12.2. The van der Waals surface area contributed by atoms with Crippen molar-refractivity contribution in [2.24, 2.45) is 5.92 Å². The van der Waals surface area contributed by atoms with E-state index in [9.17, 15) is 14.0 Å². The maximum Gasteiger partial charge on any atom is 0.326 e. The van der Waals surface area contributed by atoms with E-state index in [-0.39, 0.29) is 11.7 Å². The van der Waals surface area contributed by atoms with E-state index in [1.807, 2.05) is 6.92 Å². The van der Waals surface area contributed by atoms with Gasteiger partial charge in [-0.15, -0.1) is 11.3 Å². The van der Waals surface area contributed by atoms with Gasteiger partial charge in [0.15, 0.2) is 0 Å². The van der Waals surface area contributed by atoms with Gasteiger partial charge in [-0.2, -0.15) is 0 Å². The minimum Gasteiger partial charge on any atom is -0.480 e. The van der Waals surface area contributed by atoms with Crippen LogP contribution in [0, 0.1) is 18.7 Å². The van der Waals surface area contributed by atoms with Crippen molar-refractivity contribution in [1.82, 2.24) is 5.32 Å². The Morgan fingerprint density at radius 3 is 2.35 bits per heavy atom. The highest BCUT2D eigenvalue weighted by molar-refractivity contribution is 7.14. The van der Waals surface area contributed by atoms with Gasteiger partial charge in [0.1, 0.15) is 11.9 Å². The Labute approximate surface area is 138 Å². The number of nitrogens with one attached hydrogen (secondary N) is 1. The molecule has 1 aromatic heterocycles. The molecule has 1 atom stereocenters. The fourth-order valence-electron chi connectivity index (χ4n) is 2.24. The zero-order valence-electron chi connectivity index (χ0n) is 13.1. The summed E-state index contributed by atoms with van der Waals surface area (Å²) in [6, 6.07) is 6.82. The largest absolute Gasteiger partial charge is 0.480 e. The molecule has 4 nitrogen and oxygen atoms in total. The van der Waals surface area contributed by atoms with Crippen LogP contribution in [0.5, 0.6) is 0 Å². The van der Waals surface area contributed by atoms with Crippen LogP contribution in [-0.2, 0) is 4.79 Å². The molecule has 0 bridgehead atoms. The monoisotopic (exact) mass is 335 g/mol. The molecular formula is C17H18FNO3S. The average Bonchev–Trinajstić information content (AvgIpc) is 2.86. The van der Waals surface area contributed by atoms with Crippen LogP contribution >= 0.6 is 11.3 Å². The van der Waals surface area contributed by atoms with E-state index in [1.165, 1.54) is 23.5 Å². The van der Waals surface area contributed by atoms with Gasteiger partial charge in [0.25, 0.3) is 5.91 Å². The van der Waals surface area contributed by atoms with Gasteiger partial charge >= 0.3 is 5.97 Å². The number of rotatable bonds is 5. The minimum atomic E-state index is -1.06.